The summed E-state index contributed by atoms with van der Waals surface area (Å²) >= 11 is 1.13. The van der Waals surface area contributed by atoms with Gasteiger partial charge in [0.1, 0.15) is 34.9 Å². The summed E-state index contributed by atoms with van der Waals surface area (Å²) in [7, 11) is 2.33. The molecule has 0 aliphatic heterocycles. The molecule has 0 fully saturated rings. The Morgan fingerprint density at radius 3 is 2.47 bits per heavy atom. The Hall–Kier alpha value is -2.77. The first-order chi connectivity index (χ1) is 13.8. The molecule has 3 rings (SSSR count). The third-order valence-corrected chi connectivity index (χ3v) is 4.96. The summed E-state index contributed by atoms with van der Waals surface area (Å²) < 4.78 is 79.7. The Balaban J connectivity index is 2.13. The van der Waals surface area contributed by atoms with Crippen LogP contribution in [0.3, 0.4) is 0 Å². The Morgan fingerprint density at radius 1 is 1.23 bits per heavy atom. The van der Waals surface area contributed by atoms with Crippen LogP contribution in [0.15, 0.2) is 23.5 Å². The quantitative estimate of drug-likeness (QED) is 0.445. The topological polar surface area (TPSA) is 68.3 Å². The average Bonchev–Trinajstić information content (AvgIpc) is 3.19. The van der Waals surface area contributed by atoms with E-state index in [0.29, 0.717) is 10.7 Å². The van der Waals surface area contributed by atoms with Crippen molar-refractivity contribution in [2.45, 2.75) is 24.2 Å². The van der Waals surface area contributed by atoms with Crippen molar-refractivity contribution < 1.29 is 31.1 Å². The third kappa shape index (κ3) is 3.95. The first-order valence-corrected chi connectivity index (χ1v) is 9.30. The fraction of sp³-hybridized carbons (Fsp3) is 0.375. The molecule has 0 saturated heterocycles. The van der Waals surface area contributed by atoms with Gasteiger partial charge in [-0.2, -0.15) is 31.4 Å². The van der Waals surface area contributed by atoms with Crippen LogP contribution in [-0.4, -0.2) is 49.0 Å². The number of rotatable bonds is 4. The van der Waals surface area contributed by atoms with Crippen LogP contribution in [0.4, 0.5) is 32.2 Å². The van der Waals surface area contributed by atoms with Gasteiger partial charge in [-0.1, -0.05) is 6.92 Å². The van der Waals surface area contributed by atoms with E-state index in [1.807, 2.05) is 0 Å². The predicted molar refractivity (Wildman–Crippen MR) is 96.1 cm³/mol. The average molecular weight is 452 g/mol. The highest BCUT2D eigenvalue weighted by Crippen LogP contribution is 2.39. The number of thioether (sulfide) groups is 1. The van der Waals surface area contributed by atoms with Gasteiger partial charge in [0.15, 0.2) is 0 Å². The van der Waals surface area contributed by atoms with Crippen LogP contribution in [0.25, 0.3) is 17.0 Å². The van der Waals surface area contributed by atoms with Crippen LogP contribution in [-0.2, 0) is 18.0 Å². The number of hydrogen-bond donors (Lipinski definition) is 0. The van der Waals surface area contributed by atoms with E-state index in [-0.39, 0.29) is 27.7 Å². The molecule has 3 heterocycles. The van der Waals surface area contributed by atoms with E-state index >= 15 is 0 Å². The molecule has 3 aromatic rings. The van der Waals surface area contributed by atoms with Gasteiger partial charge in [-0.05, 0) is 5.75 Å². The first-order valence-electron chi connectivity index (χ1n) is 8.31. The van der Waals surface area contributed by atoms with Crippen molar-refractivity contribution in [2.75, 3.05) is 17.7 Å². The molecular weight excluding hydrogens is 438 g/mol. The zero-order chi connectivity index (χ0) is 22.4. The van der Waals surface area contributed by atoms with Gasteiger partial charge >= 0.3 is 18.3 Å². The van der Waals surface area contributed by atoms with Crippen LogP contribution >= 0.6 is 11.8 Å². The van der Waals surface area contributed by atoms with E-state index < -0.39 is 24.0 Å². The van der Waals surface area contributed by atoms with Crippen molar-refractivity contribution >= 4 is 29.1 Å². The number of amides is 1. The number of imidazole rings is 1. The van der Waals surface area contributed by atoms with Crippen LogP contribution in [0.5, 0.6) is 0 Å². The summed E-state index contributed by atoms with van der Waals surface area (Å²) in [6.45, 7) is 1.75. The highest BCUT2D eigenvalue weighted by Gasteiger charge is 2.43. The summed E-state index contributed by atoms with van der Waals surface area (Å²) in [5.41, 5.74) is -0.931. The van der Waals surface area contributed by atoms with Crippen molar-refractivity contribution in [1.29, 1.82) is 0 Å². The molecule has 0 radical (unpaired) electrons. The Morgan fingerprint density at radius 2 is 1.90 bits per heavy atom. The minimum Gasteiger partial charge on any atom is -0.291 e. The lowest BCUT2D eigenvalue weighted by Crippen LogP contribution is -2.39. The molecule has 162 valence electrons. The lowest BCUT2D eigenvalue weighted by Gasteiger charge is -2.20. The summed E-state index contributed by atoms with van der Waals surface area (Å²) in [6.07, 6.45) is -7.45. The number of halogens is 6. The lowest BCUT2D eigenvalue weighted by atomic mass is 10.3. The van der Waals surface area contributed by atoms with Crippen molar-refractivity contribution in [3.63, 3.8) is 0 Å². The summed E-state index contributed by atoms with van der Waals surface area (Å²) in [5.74, 6) is -1.75. The summed E-state index contributed by atoms with van der Waals surface area (Å²) in [4.78, 5) is 19.8. The SMILES string of the molecule is CCSc1c(-c2cn3cnc(C(F)(F)F)cc3n2)nn(C)c1N(C)C(=O)C(F)(F)F. The molecule has 0 unspecified atom stereocenters. The van der Waals surface area contributed by atoms with Gasteiger partial charge in [-0.3, -0.25) is 18.8 Å². The Labute approximate surface area is 169 Å². The number of aromatic nitrogens is 5. The Bertz CT molecular complexity index is 1100. The standard InChI is InChI=1S/C16H14F6N6OS/c1-4-30-12-11(25-27(3)13(12)26(2)14(29)16(20,21)22)8-6-28-7-23-9(15(17,18)19)5-10(28)24-8/h5-7H,4H2,1-3H3. The highest BCUT2D eigenvalue weighted by molar-refractivity contribution is 7.99. The van der Waals surface area contributed by atoms with Crippen LogP contribution in [0, 0.1) is 0 Å². The van der Waals surface area contributed by atoms with Gasteiger partial charge in [-0.15, -0.1) is 11.8 Å². The second-order valence-electron chi connectivity index (χ2n) is 6.08. The van der Waals surface area contributed by atoms with Crippen molar-refractivity contribution in [2.24, 2.45) is 7.05 Å². The van der Waals surface area contributed by atoms with Crippen molar-refractivity contribution in [3.05, 3.63) is 24.3 Å². The number of aryl methyl sites for hydroxylation is 1. The molecule has 0 aromatic carbocycles. The highest BCUT2D eigenvalue weighted by atomic mass is 32.2. The van der Waals surface area contributed by atoms with Crippen LogP contribution in [0.1, 0.15) is 12.6 Å². The minimum atomic E-state index is -5.09. The van der Waals surface area contributed by atoms with E-state index in [9.17, 15) is 31.1 Å². The number of carbonyl (C=O) groups excluding carboxylic acids is 1. The molecule has 0 bridgehead atoms. The molecule has 0 N–H and O–H groups in total. The zero-order valence-corrected chi connectivity index (χ0v) is 16.5. The molecule has 0 aliphatic rings. The molecular formula is C16H14F6N6OS. The molecule has 0 saturated carbocycles. The number of hydrogen-bond acceptors (Lipinski definition) is 5. The van der Waals surface area contributed by atoms with E-state index in [2.05, 4.69) is 15.1 Å². The molecule has 0 aliphatic carbocycles. The van der Waals surface area contributed by atoms with E-state index in [0.717, 1.165) is 35.9 Å². The fourth-order valence-corrected chi connectivity index (χ4v) is 3.73. The maximum Gasteiger partial charge on any atom is 0.471 e. The van der Waals surface area contributed by atoms with Gasteiger partial charge in [-0.25, -0.2) is 9.97 Å². The maximum absolute atomic E-state index is 12.9. The number of fused-ring (bicyclic) bond motifs is 1. The van der Waals surface area contributed by atoms with E-state index in [1.54, 1.807) is 6.92 Å². The summed E-state index contributed by atoms with van der Waals surface area (Å²) in [5, 5.41) is 4.17. The van der Waals surface area contributed by atoms with Gasteiger partial charge in [0.2, 0.25) is 0 Å². The molecule has 30 heavy (non-hydrogen) atoms. The van der Waals surface area contributed by atoms with Crippen LogP contribution in [0.2, 0.25) is 0 Å². The second kappa shape index (κ2) is 7.49. The molecule has 0 spiro atoms. The Kier molecular flexibility index (Phi) is 5.47. The molecule has 7 nitrogen and oxygen atoms in total. The molecule has 3 aromatic heterocycles. The predicted octanol–water partition coefficient (Wildman–Crippen LogP) is 3.79. The van der Waals surface area contributed by atoms with Crippen molar-refractivity contribution in [3.8, 4) is 11.4 Å². The number of anilines is 1. The van der Waals surface area contributed by atoms with E-state index in [4.69, 9.17) is 0 Å². The van der Waals surface area contributed by atoms with Gasteiger partial charge in [0.05, 0.1) is 4.90 Å². The normalized spacial score (nSPS) is 12.6. The molecule has 14 heteroatoms. The second-order valence-corrected chi connectivity index (χ2v) is 7.36. The number of alkyl halides is 6. The van der Waals surface area contributed by atoms with Crippen LogP contribution < -0.4 is 4.90 Å². The first kappa shape index (κ1) is 21.9. The fourth-order valence-electron chi connectivity index (χ4n) is 2.76. The molecule has 0 atom stereocenters. The largest absolute Gasteiger partial charge is 0.471 e. The number of nitrogens with zero attached hydrogens (tertiary/aromatic N) is 6. The lowest BCUT2D eigenvalue weighted by molar-refractivity contribution is -0.170. The monoisotopic (exact) mass is 452 g/mol. The molecule has 1 amide bonds. The van der Waals surface area contributed by atoms with Crippen molar-refractivity contribution in [1.82, 2.24) is 24.1 Å². The van der Waals surface area contributed by atoms with E-state index in [1.165, 1.54) is 17.6 Å². The zero-order valence-electron chi connectivity index (χ0n) is 15.7. The third-order valence-electron chi connectivity index (χ3n) is 4.01. The minimum absolute atomic E-state index is 0.0632. The van der Waals surface area contributed by atoms with Gasteiger partial charge in [0, 0.05) is 26.4 Å². The number of carbonyl (C=O) groups is 1. The van der Waals surface area contributed by atoms with Gasteiger partial charge < -0.3 is 0 Å². The summed E-state index contributed by atoms with van der Waals surface area (Å²) in [6, 6.07) is 0.749. The smallest absolute Gasteiger partial charge is 0.291 e. The maximum atomic E-state index is 12.9. The van der Waals surface area contributed by atoms with Gasteiger partial charge in [0.25, 0.3) is 0 Å².